The summed E-state index contributed by atoms with van der Waals surface area (Å²) in [4.78, 5) is 0. The van der Waals surface area contributed by atoms with Crippen LogP contribution in [0.15, 0.2) is 42.6 Å². The van der Waals surface area contributed by atoms with E-state index in [-0.39, 0.29) is 11.3 Å². The molecule has 0 unspecified atom stereocenters. The SMILES string of the molecule is COc1ccc(Cn2ncc3ccc(OS(C)(=O)=O)c(C#N)c32)cc1. The molecular weight excluding hydrogens is 342 g/mol. The number of aromatic nitrogens is 2. The first kappa shape index (κ1) is 16.8. The van der Waals surface area contributed by atoms with Crippen molar-refractivity contribution in [2.75, 3.05) is 13.4 Å². The number of nitrogens with zero attached hydrogens (tertiary/aromatic N) is 3. The van der Waals surface area contributed by atoms with Gasteiger partial charge >= 0.3 is 10.1 Å². The standard InChI is InChI=1S/C17H15N3O4S/c1-23-14-6-3-12(4-7-14)11-20-17-13(10-19-20)5-8-16(15(17)9-18)24-25(2,21)22/h3-8,10H,11H2,1-2H3. The first-order valence-electron chi connectivity index (χ1n) is 7.32. The first-order valence-corrected chi connectivity index (χ1v) is 9.14. The Bertz CT molecular complexity index is 1060. The van der Waals surface area contributed by atoms with Crippen molar-refractivity contribution in [3.8, 4) is 17.6 Å². The fourth-order valence-corrected chi connectivity index (χ4v) is 2.99. The fourth-order valence-electron chi connectivity index (χ4n) is 2.52. The van der Waals surface area contributed by atoms with E-state index >= 15 is 0 Å². The zero-order chi connectivity index (χ0) is 18.0. The summed E-state index contributed by atoms with van der Waals surface area (Å²) in [6, 6.07) is 12.6. The molecule has 8 heteroatoms. The van der Waals surface area contributed by atoms with Gasteiger partial charge in [0.1, 0.15) is 17.4 Å². The van der Waals surface area contributed by atoms with Crippen LogP contribution in [0.3, 0.4) is 0 Å². The van der Waals surface area contributed by atoms with Crippen molar-refractivity contribution in [2.24, 2.45) is 0 Å². The number of ether oxygens (including phenoxy) is 1. The summed E-state index contributed by atoms with van der Waals surface area (Å²) >= 11 is 0. The maximum Gasteiger partial charge on any atom is 0.306 e. The molecule has 0 atom stereocenters. The second-order valence-corrected chi connectivity index (χ2v) is 7.00. The Morgan fingerprint density at radius 3 is 2.52 bits per heavy atom. The van der Waals surface area contributed by atoms with Crippen LogP contribution >= 0.6 is 0 Å². The van der Waals surface area contributed by atoms with Crippen LogP contribution in [0.1, 0.15) is 11.1 Å². The molecule has 0 bridgehead atoms. The van der Waals surface area contributed by atoms with Crippen molar-refractivity contribution in [1.82, 2.24) is 9.78 Å². The van der Waals surface area contributed by atoms with Gasteiger partial charge in [-0.25, -0.2) is 0 Å². The lowest BCUT2D eigenvalue weighted by molar-refractivity contribution is 0.414. The van der Waals surface area contributed by atoms with Gasteiger partial charge in [-0.2, -0.15) is 18.8 Å². The highest BCUT2D eigenvalue weighted by atomic mass is 32.2. The van der Waals surface area contributed by atoms with E-state index in [2.05, 4.69) is 5.10 Å². The summed E-state index contributed by atoms with van der Waals surface area (Å²) in [7, 11) is -2.14. The number of hydrogen-bond acceptors (Lipinski definition) is 6. The highest BCUT2D eigenvalue weighted by Gasteiger charge is 2.17. The molecule has 0 spiro atoms. The minimum Gasteiger partial charge on any atom is -0.497 e. The number of methoxy groups -OCH3 is 1. The molecule has 7 nitrogen and oxygen atoms in total. The maximum atomic E-state index is 11.4. The summed E-state index contributed by atoms with van der Waals surface area (Å²) in [6.45, 7) is 0.421. The van der Waals surface area contributed by atoms with Crippen LogP contribution in [-0.2, 0) is 16.7 Å². The monoisotopic (exact) mass is 357 g/mol. The highest BCUT2D eigenvalue weighted by molar-refractivity contribution is 7.86. The molecule has 0 radical (unpaired) electrons. The van der Waals surface area contributed by atoms with E-state index in [1.165, 1.54) is 6.07 Å². The van der Waals surface area contributed by atoms with E-state index in [1.54, 1.807) is 24.1 Å². The Labute approximate surface area is 145 Å². The average Bonchev–Trinajstić information content (AvgIpc) is 2.97. The van der Waals surface area contributed by atoms with E-state index in [1.807, 2.05) is 30.3 Å². The lowest BCUT2D eigenvalue weighted by atomic mass is 10.1. The van der Waals surface area contributed by atoms with Gasteiger partial charge in [0.2, 0.25) is 0 Å². The second kappa shape index (κ2) is 6.45. The van der Waals surface area contributed by atoms with Gasteiger partial charge in [-0.15, -0.1) is 0 Å². The van der Waals surface area contributed by atoms with Crippen LogP contribution in [-0.4, -0.2) is 31.6 Å². The lowest BCUT2D eigenvalue weighted by Crippen LogP contribution is -2.08. The second-order valence-electron chi connectivity index (χ2n) is 5.43. The van der Waals surface area contributed by atoms with E-state index in [9.17, 15) is 13.7 Å². The summed E-state index contributed by atoms with van der Waals surface area (Å²) in [5.74, 6) is 0.740. The third-order valence-electron chi connectivity index (χ3n) is 3.61. The third kappa shape index (κ3) is 3.56. The number of nitriles is 1. The van der Waals surface area contributed by atoms with Crippen molar-refractivity contribution in [2.45, 2.75) is 6.54 Å². The summed E-state index contributed by atoms with van der Waals surface area (Å²) < 4.78 is 34.5. The Hall–Kier alpha value is -3.05. The first-order chi connectivity index (χ1) is 11.9. The van der Waals surface area contributed by atoms with Crippen LogP contribution < -0.4 is 8.92 Å². The van der Waals surface area contributed by atoms with Crippen molar-refractivity contribution >= 4 is 21.0 Å². The fraction of sp³-hybridized carbons (Fsp3) is 0.176. The molecule has 128 valence electrons. The molecule has 0 N–H and O–H groups in total. The normalized spacial score (nSPS) is 11.2. The number of benzene rings is 2. The minimum atomic E-state index is -3.74. The van der Waals surface area contributed by atoms with Gasteiger partial charge in [-0.3, -0.25) is 4.68 Å². The zero-order valence-electron chi connectivity index (χ0n) is 13.6. The molecule has 0 amide bonds. The minimum absolute atomic E-state index is 0.00557. The molecule has 0 saturated carbocycles. The zero-order valence-corrected chi connectivity index (χ0v) is 14.4. The largest absolute Gasteiger partial charge is 0.497 e. The summed E-state index contributed by atoms with van der Waals surface area (Å²) in [6.07, 6.45) is 2.57. The highest BCUT2D eigenvalue weighted by Crippen LogP contribution is 2.29. The van der Waals surface area contributed by atoms with Gasteiger partial charge in [-0.05, 0) is 29.8 Å². The van der Waals surface area contributed by atoms with Gasteiger partial charge < -0.3 is 8.92 Å². The molecule has 25 heavy (non-hydrogen) atoms. The molecule has 0 saturated heterocycles. The Kier molecular flexibility index (Phi) is 4.33. The van der Waals surface area contributed by atoms with Crippen LogP contribution in [0.4, 0.5) is 0 Å². The Balaban J connectivity index is 2.06. The maximum absolute atomic E-state index is 11.4. The number of rotatable bonds is 5. The molecule has 2 aromatic carbocycles. The molecule has 3 aromatic rings. The topological polar surface area (TPSA) is 94.2 Å². The van der Waals surface area contributed by atoms with E-state index in [4.69, 9.17) is 8.92 Å². The van der Waals surface area contributed by atoms with Gasteiger partial charge in [0, 0.05) is 5.39 Å². The van der Waals surface area contributed by atoms with Gasteiger partial charge in [0.25, 0.3) is 0 Å². The predicted octanol–water partition coefficient (Wildman–Crippen LogP) is 2.30. The lowest BCUT2D eigenvalue weighted by Gasteiger charge is -2.09. The van der Waals surface area contributed by atoms with Crippen molar-refractivity contribution in [3.63, 3.8) is 0 Å². The van der Waals surface area contributed by atoms with Crippen LogP contribution in [0.5, 0.6) is 11.5 Å². The average molecular weight is 357 g/mol. The Morgan fingerprint density at radius 1 is 1.20 bits per heavy atom. The number of hydrogen-bond donors (Lipinski definition) is 0. The molecular formula is C17H15N3O4S. The molecule has 1 heterocycles. The predicted molar refractivity (Wildman–Crippen MR) is 92.0 cm³/mol. The van der Waals surface area contributed by atoms with E-state index in [0.717, 1.165) is 23.0 Å². The molecule has 3 rings (SSSR count). The summed E-state index contributed by atoms with van der Waals surface area (Å²) in [5.41, 5.74) is 1.62. The van der Waals surface area contributed by atoms with Gasteiger partial charge in [0.05, 0.1) is 31.6 Å². The number of fused-ring (bicyclic) bond motifs is 1. The van der Waals surface area contributed by atoms with Gasteiger partial charge in [-0.1, -0.05) is 12.1 Å². The van der Waals surface area contributed by atoms with Crippen molar-refractivity contribution in [1.29, 1.82) is 5.26 Å². The molecule has 1 aromatic heterocycles. The smallest absolute Gasteiger partial charge is 0.306 e. The van der Waals surface area contributed by atoms with Gasteiger partial charge in [0.15, 0.2) is 5.75 Å². The molecule has 0 aliphatic heterocycles. The summed E-state index contributed by atoms with van der Waals surface area (Å²) in [5, 5.41) is 14.5. The van der Waals surface area contributed by atoms with E-state index < -0.39 is 10.1 Å². The molecule has 0 aliphatic carbocycles. The van der Waals surface area contributed by atoms with E-state index in [0.29, 0.717) is 12.1 Å². The quantitative estimate of drug-likeness (QED) is 0.650. The van der Waals surface area contributed by atoms with Crippen molar-refractivity contribution < 1.29 is 17.3 Å². The molecule has 0 aliphatic rings. The molecule has 0 fully saturated rings. The Morgan fingerprint density at radius 2 is 1.92 bits per heavy atom. The van der Waals surface area contributed by atoms with Crippen LogP contribution in [0.2, 0.25) is 0 Å². The third-order valence-corrected chi connectivity index (χ3v) is 4.09. The van der Waals surface area contributed by atoms with Crippen LogP contribution in [0, 0.1) is 11.3 Å². The van der Waals surface area contributed by atoms with Crippen molar-refractivity contribution in [3.05, 3.63) is 53.7 Å². The van der Waals surface area contributed by atoms with Crippen LogP contribution in [0.25, 0.3) is 10.9 Å².